The fourth-order valence-corrected chi connectivity index (χ4v) is 3.06. The molecule has 1 amide bonds. The predicted molar refractivity (Wildman–Crippen MR) is 87.6 cm³/mol. The third kappa shape index (κ3) is 3.26. The van der Waals surface area contributed by atoms with Gasteiger partial charge in [-0.05, 0) is 24.6 Å². The summed E-state index contributed by atoms with van der Waals surface area (Å²) >= 11 is 0. The minimum atomic E-state index is 0.0922. The Morgan fingerprint density at radius 2 is 2.00 bits per heavy atom. The fraction of sp³-hybridized carbons (Fsp3) is 0.471. The van der Waals surface area contributed by atoms with Gasteiger partial charge in [-0.3, -0.25) is 4.79 Å². The Labute approximate surface area is 141 Å². The van der Waals surface area contributed by atoms with Crippen LogP contribution in [0.1, 0.15) is 30.2 Å². The summed E-state index contributed by atoms with van der Waals surface area (Å²) in [5.74, 6) is 2.50. The van der Waals surface area contributed by atoms with Crippen molar-refractivity contribution in [2.45, 2.75) is 32.5 Å². The molecule has 1 aromatic carbocycles. The van der Waals surface area contributed by atoms with Crippen molar-refractivity contribution in [2.75, 3.05) is 20.8 Å². The lowest BCUT2D eigenvalue weighted by Gasteiger charge is -2.32. The van der Waals surface area contributed by atoms with Crippen molar-refractivity contribution in [1.29, 1.82) is 0 Å². The third-order valence-corrected chi connectivity index (χ3v) is 4.24. The van der Waals surface area contributed by atoms with Gasteiger partial charge in [0.1, 0.15) is 12.4 Å². The Hall–Kier alpha value is -2.41. The number of amides is 1. The smallest absolute Gasteiger partial charge is 0.227 e. The van der Waals surface area contributed by atoms with Gasteiger partial charge in [-0.25, -0.2) is 0 Å². The molecule has 0 unspecified atom stereocenters. The maximum Gasteiger partial charge on any atom is 0.227 e. The number of carbonyl (C=O) groups is 1. The molecule has 1 aliphatic rings. The van der Waals surface area contributed by atoms with Gasteiger partial charge in [-0.2, -0.15) is 0 Å². The molecule has 1 aromatic heterocycles. The van der Waals surface area contributed by atoms with Crippen LogP contribution in [0.15, 0.2) is 24.3 Å². The number of nitrogens with zero attached hydrogens (tertiary/aromatic N) is 4. The van der Waals surface area contributed by atoms with E-state index in [0.717, 1.165) is 23.0 Å². The molecular weight excluding hydrogens is 308 g/mol. The van der Waals surface area contributed by atoms with Gasteiger partial charge < -0.3 is 18.9 Å². The van der Waals surface area contributed by atoms with Gasteiger partial charge in [-0.1, -0.05) is 12.1 Å². The number of aromatic nitrogens is 3. The third-order valence-electron chi connectivity index (χ3n) is 4.24. The molecule has 128 valence electrons. The maximum atomic E-state index is 12.6. The highest BCUT2D eigenvalue weighted by atomic mass is 16.5. The van der Waals surface area contributed by atoms with Crippen LogP contribution < -0.4 is 4.74 Å². The van der Waals surface area contributed by atoms with E-state index in [1.165, 1.54) is 0 Å². The molecule has 0 radical (unpaired) electrons. The summed E-state index contributed by atoms with van der Waals surface area (Å²) in [7, 11) is 3.27. The lowest BCUT2D eigenvalue weighted by Crippen LogP contribution is -2.41. The lowest BCUT2D eigenvalue weighted by molar-refractivity contribution is -0.132. The van der Waals surface area contributed by atoms with E-state index in [2.05, 4.69) is 21.7 Å². The van der Waals surface area contributed by atoms with Crippen molar-refractivity contribution in [1.82, 2.24) is 19.7 Å². The first-order valence-corrected chi connectivity index (χ1v) is 7.94. The molecule has 7 heteroatoms. The summed E-state index contributed by atoms with van der Waals surface area (Å²) in [4.78, 5) is 14.5. The molecule has 2 heterocycles. The topological polar surface area (TPSA) is 69.5 Å². The SMILES string of the molecule is COCc1nnc2n1[C@@H](C)CN(C(=O)Cc1ccc(OC)cc1)C2. The van der Waals surface area contributed by atoms with Crippen molar-refractivity contribution in [3.05, 3.63) is 41.5 Å². The highest BCUT2D eigenvalue weighted by molar-refractivity contribution is 5.79. The largest absolute Gasteiger partial charge is 0.497 e. The van der Waals surface area contributed by atoms with Crippen LogP contribution in [0.4, 0.5) is 0 Å². The zero-order valence-electron chi connectivity index (χ0n) is 14.2. The monoisotopic (exact) mass is 330 g/mol. The Bertz CT molecular complexity index is 711. The maximum absolute atomic E-state index is 12.6. The van der Waals surface area contributed by atoms with Crippen LogP contribution in [0.25, 0.3) is 0 Å². The Balaban J connectivity index is 1.70. The van der Waals surface area contributed by atoms with E-state index in [1.807, 2.05) is 29.2 Å². The van der Waals surface area contributed by atoms with Gasteiger partial charge in [0.2, 0.25) is 5.91 Å². The molecule has 0 bridgehead atoms. The van der Waals surface area contributed by atoms with Gasteiger partial charge in [0.15, 0.2) is 11.6 Å². The van der Waals surface area contributed by atoms with Crippen LogP contribution >= 0.6 is 0 Å². The van der Waals surface area contributed by atoms with Crippen LogP contribution in [-0.4, -0.2) is 46.3 Å². The molecule has 0 aliphatic carbocycles. The molecule has 0 fully saturated rings. The normalized spacial score (nSPS) is 16.8. The van der Waals surface area contributed by atoms with Gasteiger partial charge in [-0.15, -0.1) is 10.2 Å². The molecule has 0 saturated heterocycles. The van der Waals surface area contributed by atoms with E-state index in [9.17, 15) is 4.79 Å². The fourth-order valence-electron chi connectivity index (χ4n) is 3.06. The lowest BCUT2D eigenvalue weighted by atomic mass is 10.1. The standard InChI is InChI=1S/C17H22N4O3/c1-12-9-20(10-15-18-19-16(11-23-2)21(12)15)17(22)8-13-4-6-14(24-3)7-5-13/h4-7,12H,8-11H2,1-3H3/t12-/m0/s1. The number of hydrogen-bond donors (Lipinski definition) is 0. The zero-order valence-corrected chi connectivity index (χ0v) is 14.2. The van der Waals surface area contributed by atoms with Crippen LogP contribution in [0, 0.1) is 0 Å². The van der Waals surface area contributed by atoms with Gasteiger partial charge in [0, 0.05) is 13.7 Å². The number of fused-ring (bicyclic) bond motifs is 1. The first-order valence-electron chi connectivity index (χ1n) is 7.94. The minimum absolute atomic E-state index is 0.0922. The summed E-state index contributed by atoms with van der Waals surface area (Å²) in [6, 6.07) is 7.71. The highest BCUT2D eigenvalue weighted by Gasteiger charge is 2.28. The predicted octanol–water partition coefficient (Wildman–Crippen LogP) is 1.58. The van der Waals surface area contributed by atoms with Gasteiger partial charge >= 0.3 is 0 Å². The van der Waals surface area contributed by atoms with Crippen molar-refractivity contribution in [3.8, 4) is 5.75 Å². The van der Waals surface area contributed by atoms with Crippen molar-refractivity contribution in [3.63, 3.8) is 0 Å². The Morgan fingerprint density at radius 3 is 2.67 bits per heavy atom. The van der Waals surface area contributed by atoms with E-state index in [0.29, 0.717) is 26.1 Å². The molecule has 0 saturated carbocycles. The molecule has 1 aliphatic heterocycles. The molecule has 0 N–H and O–H groups in total. The quantitative estimate of drug-likeness (QED) is 0.832. The number of carbonyl (C=O) groups excluding carboxylic acids is 1. The van der Waals surface area contributed by atoms with Crippen molar-refractivity contribution in [2.24, 2.45) is 0 Å². The van der Waals surface area contributed by atoms with Crippen LogP contribution in [-0.2, 0) is 29.1 Å². The molecule has 1 atom stereocenters. The molecule has 7 nitrogen and oxygen atoms in total. The minimum Gasteiger partial charge on any atom is -0.497 e. The van der Waals surface area contributed by atoms with Gasteiger partial charge in [0.25, 0.3) is 0 Å². The number of hydrogen-bond acceptors (Lipinski definition) is 5. The molecular formula is C17H22N4O3. The average Bonchev–Trinajstić information content (AvgIpc) is 2.99. The zero-order chi connectivity index (χ0) is 17.1. The van der Waals surface area contributed by atoms with Crippen molar-refractivity contribution < 1.29 is 14.3 Å². The second-order valence-electron chi connectivity index (χ2n) is 5.98. The molecule has 0 spiro atoms. The molecule has 24 heavy (non-hydrogen) atoms. The first-order chi connectivity index (χ1) is 11.6. The number of rotatable bonds is 5. The molecule has 2 aromatic rings. The molecule has 3 rings (SSSR count). The summed E-state index contributed by atoms with van der Waals surface area (Å²) in [6.45, 7) is 3.63. The van der Waals surface area contributed by atoms with E-state index < -0.39 is 0 Å². The summed E-state index contributed by atoms with van der Waals surface area (Å²) < 4.78 is 12.4. The second kappa shape index (κ2) is 7.00. The van der Waals surface area contributed by atoms with Crippen molar-refractivity contribution >= 4 is 5.91 Å². The van der Waals surface area contributed by atoms with Crippen LogP contribution in [0.2, 0.25) is 0 Å². The number of methoxy groups -OCH3 is 2. The highest BCUT2D eigenvalue weighted by Crippen LogP contribution is 2.22. The van der Waals surface area contributed by atoms with E-state index in [-0.39, 0.29) is 11.9 Å². The van der Waals surface area contributed by atoms with E-state index >= 15 is 0 Å². The summed E-state index contributed by atoms with van der Waals surface area (Å²) in [6.07, 6.45) is 0.371. The Kier molecular flexibility index (Phi) is 4.80. The summed E-state index contributed by atoms with van der Waals surface area (Å²) in [5.41, 5.74) is 0.973. The summed E-state index contributed by atoms with van der Waals surface area (Å²) in [5, 5.41) is 8.38. The number of benzene rings is 1. The second-order valence-corrected chi connectivity index (χ2v) is 5.98. The Morgan fingerprint density at radius 1 is 1.25 bits per heavy atom. The van der Waals surface area contributed by atoms with Crippen LogP contribution in [0.3, 0.4) is 0 Å². The first kappa shape index (κ1) is 16.4. The van der Waals surface area contributed by atoms with E-state index in [4.69, 9.17) is 9.47 Å². The van der Waals surface area contributed by atoms with Crippen LogP contribution in [0.5, 0.6) is 5.75 Å². The average molecular weight is 330 g/mol. The van der Waals surface area contributed by atoms with Gasteiger partial charge in [0.05, 0.1) is 26.1 Å². The van der Waals surface area contributed by atoms with E-state index in [1.54, 1.807) is 14.2 Å². The number of ether oxygens (including phenoxy) is 2.